The molecule has 0 radical (unpaired) electrons. The SMILES string of the molecule is CCn1c(C)cc(C(=O)Nc2c(C)n(C)n(-c3ccccc3)c2=O)c1C. The van der Waals surface area contributed by atoms with Crippen LogP contribution in [0.4, 0.5) is 5.69 Å². The predicted molar refractivity (Wildman–Crippen MR) is 103 cm³/mol. The van der Waals surface area contributed by atoms with Crippen molar-refractivity contribution in [3.8, 4) is 5.69 Å². The van der Waals surface area contributed by atoms with Crippen LogP contribution in [-0.4, -0.2) is 19.8 Å². The molecule has 0 bridgehead atoms. The van der Waals surface area contributed by atoms with Crippen molar-refractivity contribution in [3.05, 3.63) is 69.4 Å². The van der Waals surface area contributed by atoms with Crippen LogP contribution < -0.4 is 10.9 Å². The van der Waals surface area contributed by atoms with E-state index in [9.17, 15) is 9.59 Å². The molecule has 26 heavy (non-hydrogen) atoms. The van der Waals surface area contributed by atoms with Crippen molar-refractivity contribution in [2.45, 2.75) is 34.2 Å². The van der Waals surface area contributed by atoms with Crippen molar-refractivity contribution in [2.24, 2.45) is 7.05 Å². The number of carbonyl (C=O) groups is 1. The first-order valence-corrected chi connectivity index (χ1v) is 8.68. The second-order valence-corrected chi connectivity index (χ2v) is 6.42. The summed E-state index contributed by atoms with van der Waals surface area (Å²) in [5, 5.41) is 2.82. The zero-order chi connectivity index (χ0) is 19.0. The summed E-state index contributed by atoms with van der Waals surface area (Å²) in [4.78, 5) is 25.7. The molecule has 6 nitrogen and oxygen atoms in total. The van der Waals surface area contributed by atoms with E-state index in [4.69, 9.17) is 0 Å². The summed E-state index contributed by atoms with van der Waals surface area (Å²) in [7, 11) is 1.81. The predicted octanol–water partition coefficient (Wildman–Crippen LogP) is 3.17. The highest BCUT2D eigenvalue weighted by Crippen LogP contribution is 2.19. The Balaban J connectivity index is 2.02. The maximum atomic E-state index is 12.9. The second kappa shape index (κ2) is 6.71. The number of aromatic nitrogens is 3. The molecule has 0 aliphatic heterocycles. The van der Waals surface area contributed by atoms with Crippen LogP contribution in [0, 0.1) is 20.8 Å². The topological polar surface area (TPSA) is 61.0 Å². The average Bonchev–Trinajstić information content (AvgIpc) is 3.03. The number of amides is 1. The van der Waals surface area contributed by atoms with E-state index in [-0.39, 0.29) is 11.5 Å². The van der Waals surface area contributed by atoms with E-state index in [1.165, 1.54) is 0 Å². The lowest BCUT2D eigenvalue weighted by molar-refractivity contribution is 0.102. The van der Waals surface area contributed by atoms with Gasteiger partial charge in [0.15, 0.2) is 0 Å². The molecule has 2 heterocycles. The molecule has 0 atom stereocenters. The first kappa shape index (κ1) is 17.8. The molecule has 0 unspecified atom stereocenters. The van der Waals surface area contributed by atoms with E-state index in [0.717, 1.165) is 23.6 Å². The second-order valence-electron chi connectivity index (χ2n) is 6.42. The number of carbonyl (C=O) groups excluding carboxylic acids is 1. The van der Waals surface area contributed by atoms with Gasteiger partial charge < -0.3 is 9.88 Å². The van der Waals surface area contributed by atoms with Crippen LogP contribution in [0.5, 0.6) is 0 Å². The maximum absolute atomic E-state index is 12.9. The van der Waals surface area contributed by atoms with Gasteiger partial charge in [0.25, 0.3) is 11.5 Å². The van der Waals surface area contributed by atoms with Crippen LogP contribution in [0.15, 0.2) is 41.2 Å². The third-order valence-electron chi connectivity index (χ3n) is 4.93. The molecule has 3 rings (SSSR count). The molecular formula is C20H24N4O2. The van der Waals surface area contributed by atoms with Gasteiger partial charge in [-0.05, 0) is 45.9 Å². The lowest BCUT2D eigenvalue weighted by Gasteiger charge is -2.07. The average molecular weight is 352 g/mol. The normalized spacial score (nSPS) is 11.0. The minimum absolute atomic E-state index is 0.242. The van der Waals surface area contributed by atoms with Crippen LogP contribution in [0.2, 0.25) is 0 Å². The van der Waals surface area contributed by atoms with Gasteiger partial charge >= 0.3 is 0 Å². The van der Waals surface area contributed by atoms with Gasteiger partial charge in [-0.15, -0.1) is 0 Å². The Bertz CT molecular complexity index is 1020. The van der Waals surface area contributed by atoms with Gasteiger partial charge in [-0.1, -0.05) is 18.2 Å². The van der Waals surface area contributed by atoms with Crippen molar-refractivity contribution in [1.82, 2.24) is 13.9 Å². The standard InChI is InChI=1S/C20H24N4O2/c1-6-23-13(2)12-17(14(23)3)19(25)21-18-15(4)22(5)24(20(18)26)16-10-8-7-9-11-16/h7-12H,6H2,1-5H3,(H,21,25). The quantitative estimate of drug-likeness (QED) is 0.784. The number of benzene rings is 1. The molecule has 1 amide bonds. The number of para-hydroxylation sites is 1. The Hall–Kier alpha value is -3.02. The highest BCUT2D eigenvalue weighted by molar-refractivity contribution is 6.05. The van der Waals surface area contributed by atoms with E-state index in [1.807, 2.05) is 71.1 Å². The third-order valence-corrected chi connectivity index (χ3v) is 4.93. The van der Waals surface area contributed by atoms with Gasteiger partial charge in [-0.25, -0.2) is 4.68 Å². The fraction of sp³-hybridized carbons (Fsp3) is 0.300. The molecule has 136 valence electrons. The molecule has 3 aromatic rings. The number of hydrogen-bond donors (Lipinski definition) is 1. The lowest BCUT2D eigenvalue weighted by atomic mass is 10.2. The van der Waals surface area contributed by atoms with Gasteiger partial charge in [-0.3, -0.25) is 14.3 Å². The van der Waals surface area contributed by atoms with Gasteiger partial charge in [0.05, 0.1) is 16.9 Å². The monoisotopic (exact) mass is 352 g/mol. The van der Waals surface area contributed by atoms with Gasteiger partial charge in [0.2, 0.25) is 0 Å². The van der Waals surface area contributed by atoms with Crippen molar-refractivity contribution in [2.75, 3.05) is 5.32 Å². The van der Waals surface area contributed by atoms with Crippen LogP contribution >= 0.6 is 0 Å². The van der Waals surface area contributed by atoms with Crippen molar-refractivity contribution < 1.29 is 4.79 Å². The highest BCUT2D eigenvalue weighted by Gasteiger charge is 2.21. The summed E-state index contributed by atoms with van der Waals surface area (Å²) < 4.78 is 5.39. The fourth-order valence-corrected chi connectivity index (χ4v) is 3.41. The number of nitrogens with one attached hydrogen (secondary N) is 1. The van der Waals surface area contributed by atoms with E-state index in [0.29, 0.717) is 16.9 Å². The third kappa shape index (κ3) is 2.77. The Kier molecular flexibility index (Phi) is 4.59. The van der Waals surface area contributed by atoms with E-state index >= 15 is 0 Å². The summed E-state index contributed by atoms with van der Waals surface area (Å²) in [5.74, 6) is -0.260. The van der Waals surface area contributed by atoms with E-state index in [2.05, 4.69) is 9.88 Å². The van der Waals surface area contributed by atoms with Crippen LogP contribution in [0.3, 0.4) is 0 Å². The Morgan fingerprint density at radius 3 is 2.31 bits per heavy atom. The van der Waals surface area contributed by atoms with Crippen molar-refractivity contribution in [1.29, 1.82) is 0 Å². The molecule has 1 N–H and O–H groups in total. The number of rotatable bonds is 4. The van der Waals surface area contributed by atoms with Gasteiger partial charge in [-0.2, -0.15) is 0 Å². The molecule has 0 saturated carbocycles. The minimum Gasteiger partial charge on any atom is -0.349 e. The summed E-state index contributed by atoms with van der Waals surface area (Å²) in [6.07, 6.45) is 0. The molecule has 0 spiro atoms. The van der Waals surface area contributed by atoms with Crippen molar-refractivity contribution in [3.63, 3.8) is 0 Å². The smallest absolute Gasteiger partial charge is 0.295 e. The summed E-state index contributed by atoms with van der Waals surface area (Å²) in [5.41, 5.74) is 4.06. The molecule has 0 saturated heterocycles. The lowest BCUT2D eigenvalue weighted by Crippen LogP contribution is -2.23. The number of nitrogens with zero attached hydrogens (tertiary/aromatic N) is 3. The first-order valence-electron chi connectivity index (χ1n) is 8.68. The largest absolute Gasteiger partial charge is 0.349 e. The Morgan fingerprint density at radius 2 is 1.73 bits per heavy atom. The minimum atomic E-state index is -0.260. The molecule has 0 fully saturated rings. The molecule has 1 aromatic carbocycles. The van der Waals surface area contributed by atoms with E-state index in [1.54, 1.807) is 9.36 Å². The zero-order valence-electron chi connectivity index (χ0n) is 15.8. The molecule has 6 heteroatoms. The van der Waals surface area contributed by atoms with Gasteiger partial charge in [0, 0.05) is 25.0 Å². The highest BCUT2D eigenvalue weighted by atomic mass is 16.2. The number of hydrogen-bond acceptors (Lipinski definition) is 2. The maximum Gasteiger partial charge on any atom is 0.295 e. The first-order chi connectivity index (χ1) is 12.4. The Morgan fingerprint density at radius 1 is 1.08 bits per heavy atom. The Labute approximate surface area is 152 Å². The molecule has 0 aliphatic carbocycles. The molecule has 2 aromatic heterocycles. The van der Waals surface area contributed by atoms with Crippen LogP contribution in [0.25, 0.3) is 5.69 Å². The molecular weight excluding hydrogens is 328 g/mol. The van der Waals surface area contributed by atoms with Gasteiger partial charge in [0.1, 0.15) is 5.69 Å². The fourth-order valence-electron chi connectivity index (χ4n) is 3.41. The van der Waals surface area contributed by atoms with Crippen molar-refractivity contribution >= 4 is 11.6 Å². The molecule has 0 aliphatic rings. The summed E-state index contributed by atoms with van der Waals surface area (Å²) in [6.45, 7) is 8.57. The summed E-state index contributed by atoms with van der Waals surface area (Å²) >= 11 is 0. The number of aryl methyl sites for hydroxylation is 1. The summed E-state index contributed by atoms with van der Waals surface area (Å²) in [6, 6.07) is 11.2. The van der Waals surface area contributed by atoms with Crippen LogP contribution in [-0.2, 0) is 13.6 Å². The zero-order valence-corrected chi connectivity index (χ0v) is 15.8. The van der Waals surface area contributed by atoms with E-state index < -0.39 is 0 Å². The van der Waals surface area contributed by atoms with Crippen LogP contribution in [0.1, 0.15) is 34.4 Å². The number of anilines is 1.